The minimum atomic E-state index is -0.485. The van der Waals surface area contributed by atoms with Crippen molar-refractivity contribution in [1.82, 2.24) is 10.2 Å². The van der Waals surface area contributed by atoms with E-state index >= 15 is 0 Å². The van der Waals surface area contributed by atoms with E-state index in [1.54, 1.807) is 0 Å². The van der Waals surface area contributed by atoms with Gasteiger partial charge >= 0.3 is 6.09 Å². The molecule has 0 unspecified atom stereocenters. The van der Waals surface area contributed by atoms with E-state index in [-0.39, 0.29) is 17.1 Å². The summed E-state index contributed by atoms with van der Waals surface area (Å²) in [5.41, 5.74) is 0.917. The molecule has 0 atom stereocenters. The smallest absolute Gasteiger partial charge is 0.407 e. The highest BCUT2D eigenvalue weighted by Gasteiger charge is 2.09. The van der Waals surface area contributed by atoms with E-state index in [1.807, 2.05) is 30.3 Å². The summed E-state index contributed by atoms with van der Waals surface area (Å²) in [6.45, 7) is 2.49. The van der Waals surface area contributed by atoms with Gasteiger partial charge in [0.2, 0.25) is 10.5 Å². The molecular formula is C18H24Cl2N2O4. The van der Waals surface area contributed by atoms with Crippen LogP contribution in [0.2, 0.25) is 0 Å². The van der Waals surface area contributed by atoms with E-state index in [0.29, 0.717) is 51.9 Å². The molecule has 0 aromatic heterocycles. The molecule has 0 radical (unpaired) electrons. The summed E-state index contributed by atoms with van der Waals surface area (Å²) in [5, 5.41) is 1.95. The second-order valence-corrected chi connectivity index (χ2v) is 6.59. The lowest BCUT2D eigenvalue weighted by Crippen LogP contribution is -2.36. The van der Waals surface area contributed by atoms with E-state index in [4.69, 9.17) is 27.9 Å². The number of halogens is 2. The number of carbonyl (C=O) groups is 3. The van der Waals surface area contributed by atoms with Gasteiger partial charge in [-0.3, -0.25) is 9.59 Å². The highest BCUT2D eigenvalue weighted by atomic mass is 35.5. The van der Waals surface area contributed by atoms with Crippen LogP contribution < -0.4 is 5.32 Å². The lowest BCUT2D eigenvalue weighted by molar-refractivity contribution is -0.112. The Morgan fingerprint density at radius 2 is 1.50 bits per heavy atom. The molecule has 1 amide bonds. The largest absolute Gasteiger partial charge is 0.445 e. The van der Waals surface area contributed by atoms with Crippen molar-refractivity contribution in [2.75, 3.05) is 26.2 Å². The van der Waals surface area contributed by atoms with Crippen LogP contribution in [0.15, 0.2) is 30.3 Å². The van der Waals surface area contributed by atoms with Gasteiger partial charge in [-0.05, 0) is 54.7 Å². The van der Waals surface area contributed by atoms with Crippen LogP contribution in [0.5, 0.6) is 0 Å². The SMILES string of the molecule is O=C(Cl)CCCN(CCCC(=O)Cl)CCNC(=O)OCc1ccccc1. The molecule has 1 aromatic carbocycles. The predicted molar refractivity (Wildman–Crippen MR) is 101 cm³/mol. The maximum absolute atomic E-state index is 11.7. The Labute approximate surface area is 163 Å². The van der Waals surface area contributed by atoms with Crippen molar-refractivity contribution in [3.63, 3.8) is 0 Å². The Bertz CT molecular complexity index is 550. The highest BCUT2D eigenvalue weighted by molar-refractivity contribution is 6.63. The minimum Gasteiger partial charge on any atom is -0.445 e. The van der Waals surface area contributed by atoms with E-state index < -0.39 is 6.09 Å². The van der Waals surface area contributed by atoms with Gasteiger partial charge in [0.05, 0.1) is 0 Å². The van der Waals surface area contributed by atoms with Crippen molar-refractivity contribution in [2.45, 2.75) is 32.3 Å². The minimum absolute atomic E-state index is 0.214. The molecule has 26 heavy (non-hydrogen) atoms. The van der Waals surface area contributed by atoms with Crippen LogP contribution >= 0.6 is 23.2 Å². The fourth-order valence-corrected chi connectivity index (χ4v) is 2.58. The molecule has 144 valence electrons. The highest BCUT2D eigenvalue weighted by Crippen LogP contribution is 2.03. The number of benzene rings is 1. The number of rotatable bonds is 13. The lowest BCUT2D eigenvalue weighted by atomic mass is 10.2. The first-order valence-corrected chi connectivity index (χ1v) is 9.26. The first-order chi connectivity index (χ1) is 12.5. The first kappa shape index (κ1) is 22.4. The van der Waals surface area contributed by atoms with Crippen LogP contribution in [0.25, 0.3) is 0 Å². The summed E-state index contributed by atoms with van der Waals surface area (Å²) in [5.74, 6) is 0. The molecule has 6 nitrogen and oxygen atoms in total. The van der Waals surface area contributed by atoms with Crippen molar-refractivity contribution >= 4 is 39.8 Å². The van der Waals surface area contributed by atoms with Crippen molar-refractivity contribution in [2.24, 2.45) is 0 Å². The van der Waals surface area contributed by atoms with Gasteiger partial charge in [-0.15, -0.1) is 0 Å². The third kappa shape index (κ3) is 11.8. The number of amides is 1. The zero-order valence-electron chi connectivity index (χ0n) is 14.6. The third-order valence-electron chi connectivity index (χ3n) is 3.61. The van der Waals surface area contributed by atoms with Gasteiger partial charge in [-0.2, -0.15) is 0 Å². The van der Waals surface area contributed by atoms with Crippen molar-refractivity contribution in [1.29, 1.82) is 0 Å². The maximum atomic E-state index is 11.7. The van der Waals surface area contributed by atoms with E-state index in [9.17, 15) is 14.4 Å². The van der Waals surface area contributed by atoms with Gasteiger partial charge in [0.1, 0.15) is 6.61 Å². The summed E-state index contributed by atoms with van der Waals surface area (Å²) in [6.07, 6.45) is 1.34. The van der Waals surface area contributed by atoms with Crippen molar-refractivity contribution in [3.05, 3.63) is 35.9 Å². The van der Waals surface area contributed by atoms with E-state index in [2.05, 4.69) is 10.2 Å². The van der Waals surface area contributed by atoms with E-state index in [1.165, 1.54) is 0 Å². The molecule has 8 heteroatoms. The van der Waals surface area contributed by atoms with Gasteiger partial charge < -0.3 is 15.0 Å². The molecule has 0 saturated carbocycles. The van der Waals surface area contributed by atoms with Gasteiger partial charge in [0, 0.05) is 25.9 Å². The second kappa shape index (κ2) is 13.6. The summed E-state index contributed by atoms with van der Waals surface area (Å²) < 4.78 is 5.14. The number of ether oxygens (including phenoxy) is 1. The van der Waals surface area contributed by atoms with Gasteiger partial charge in [0.15, 0.2) is 0 Å². The van der Waals surface area contributed by atoms with Crippen LogP contribution in [0.3, 0.4) is 0 Å². The number of alkyl carbamates (subject to hydrolysis) is 1. The average molecular weight is 403 g/mol. The molecular weight excluding hydrogens is 379 g/mol. The van der Waals surface area contributed by atoms with Gasteiger partial charge in [-0.25, -0.2) is 4.79 Å². The topological polar surface area (TPSA) is 75.7 Å². The molecule has 0 heterocycles. The Kier molecular flexibility index (Phi) is 11.7. The first-order valence-electron chi connectivity index (χ1n) is 8.51. The summed E-state index contributed by atoms with van der Waals surface area (Å²) in [7, 11) is 0. The number of hydrogen-bond acceptors (Lipinski definition) is 5. The molecule has 0 saturated heterocycles. The second-order valence-electron chi connectivity index (χ2n) is 5.75. The molecule has 0 bridgehead atoms. The molecule has 1 rings (SSSR count). The van der Waals surface area contributed by atoms with Crippen LogP contribution in [0, 0.1) is 0 Å². The Hall–Kier alpha value is -1.63. The number of nitrogens with zero attached hydrogens (tertiary/aromatic N) is 1. The third-order valence-corrected chi connectivity index (χ3v) is 3.98. The van der Waals surface area contributed by atoms with Crippen molar-refractivity contribution in [3.8, 4) is 0 Å². The number of hydrogen-bond donors (Lipinski definition) is 1. The Morgan fingerprint density at radius 1 is 0.923 bits per heavy atom. The zero-order valence-corrected chi connectivity index (χ0v) is 16.1. The van der Waals surface area contributed by atoms with Crippen LogP contribution in [0.1, 0.15) is 31.2 Å². The number of nitrogens with one attached hydrogen (secondary N) is 1. The van der Waals surface area contributed by atoms with E-state index in [0.717, 1.165) is 5.56 Å². The molecule has 0 aliphatic rings. The molecule has 0 aliphatic carbocycles. The predicted octanol–water partition coefficient (Wildman–Crippen LogP) is 3.31. The average Bonchev–Trinajstić information content (AvgIpc) is 2.60. The summed E-state index contributed by atoms with van der Waals surface area (Å²) >= 11 is 10.7. The van der Waals surface area contributed by atoms with Crippen molar-refractivity contribution < 1.29 is 19.1 Å². The monoisotopic (exact) mass is 402 g/mol. The number of carbonyl (C=O) groups excluding carboxylic acids is 3. The fraction of sp³-hybridized carbons (Fsp3) is 0.500. The molecule has 1 aromatic rings. The normalized spacial score (nSPS) is 10.6. The van der Waals surface area contributed by atoms with Gasteiger partial charge in [0.25, 0.3) is 0 Å². The van der Waals surface area contributed by atoms with Crippen LogP contribution in [0.4, 0.5) is 4.79 Å². The Morgan fingerprint density at radius 3 is 2.04 bits per heavy atom. The fourth-order valence-electron chi connectivity index (χ4n) is 2.31. The zero-order chi connectivity index (χ0) is 19.2. The standard InChI is InChI=1S/C18H24Cl2N2O4/c19-16(23)8-4-11-22(12-5-9-17(20)24)13-10-21-18(25)26-14-15-6-2-1-3-7-15/h1-3,6-7H,4-5,8-14H2,(H,21,25). The Balaban J connectivity index is 2.27. The molecule has 0 aliphatic heterocycles. The summed E-state index contributed by atoms with van der Waals surface area (Å²) in [6, 6.07) is 9.42. The molecule has 0 spiro atoms. The van der Waals surface area contributed by atoms with Crippen LogP contribution in [-0.4, -0.2) is 47.7 Å². The lowest BCUT2D eigenvalue weighted by Gasteiger charge is -2.22. The van der Waals surface area contributed by atoms with Crippen LogP contribution in [-0.2, 0) is 20.9 Å². The molecule has 0 fully saturated rings. The molecule has 1 N–H and O–H groups in total. The summed E-state index contributed by atoms with van der Waals surface area (Å²) in [4.78, 5) is 35.4. The van der Waals surface area contributed by atoms with Gasteiger partial charge in [-0.1, -0.05) is 30.3 Å². The maximum Gasteiger partial charge on any atom is 0.407 e. The quantitative estimate of drug-likeness (QED) is 0.512.